The molecule has 7 nitrogen and oxygen atoms in total. The molecule has 2 aromatic carbocycles. The molecule has 2 aromatic rings. The van der Waals surface area contributed by atoms with E-state index in [4.69, 9.17) is 9.47 Å². The minimum atomic E-state index is -3.78. The number of hydrogen-bond acceptors (Lipinski definition) is 6. The van der Waals surface area contributed by atoms with Crippen LogP contribution in [-0.4, -0.2) is 64.9 Å². The number of benzene rings is 2. The number of carbonyl (C=O) groups excluding carboxylic acids is 1. The van der Waals surface area contributed by atoms with Crippen molar-refractivity contribution in [1.82, 2.24) is 9.62 Å². The van der Waals surface area contributed by atoms with Gasteiger partial charge in [-0.2, -0.15) is 0 Å². The van der Waals surface area contributed by atoms with Crippen LogP contribution in [0.2, 0.25) is 0 Å². The molecule has 0 unspecified atom stereocenters. The van der Waals surface area contributed by atoms with Gasteiger partial charge in [-0.1, -0.05) is 6.07 Å². The van der Waals surface area contributed by atoms with Gasteiger partial charge in [0.15, 0.2) is 0 Å². The van der Waals surface area contributed by atoms with Crippen molar-refractivity contribution in [1.29, 1.82) is 0 Å². The number of hydrogen-bond donors (Lipinski definition) is 1. The first-order chi connectivity index (χ1) is 14.8. The van der Waals surface area contributed by atoms with Crippen molar-refractivity contribution in [2.24, 2.45) is 0 Å². The van der Waals surface area contributed by atoms with E-state index in [1.54, 1.807) is 11.0 Å². The first-order valence-corrected chi connectivity index (χ1v) is 12.8. The van der Waals surface area contributed by atoms with Crippen LogP contribution in [0.4, 0.5) is 0 Å². The molecule has 3 rings (SSSR count). The number of carbonyl (C=O) groups is 1. The van der Waals surface area contributed by atoms with Crippen LogP contribution in [-0.2, 0) is 14.8 Å². The normalized spacial score (nSPS) is 14.5. The van der Waals surface area contributed by atoms with Crippen LogP contribution in [0.3, 0.4) is 0 Å². The largest absolute Gasteiger partial charge is 0.492 e. The molecular weight excluding hydrogens is 436 g/mol. The number of nitrogens with zero attached hydrogens (tertiary/aromatic N) is 1. The highest BCUT2D eigenvalue weighted by molar-refractivity contribution is 7.98. The number of rotatable bonds is 8. The van der Waals surface area contributed by atoms with Crippen molar-refractivity contribution >= 4 is 27.7 Å². The van der Waals surface area contributed by atoms with E-state index in [0.717, 1.165) is 10.5 Å². The van der Waals surface area contributed by atoms with Gasteiger partial charge < -0.3 is 14.4 Å². The highest BCUT2D eigenvalue weighted by atomic mass is 32.2. The average Bonchev–Trinajstić information content (AvgIpc) is 2.78. The molecule has 1 fully saturated rings. The maximum atomic E-state index is 12.9. The Balaban J connectivity index is 1.67. The van der Waals surface area contributed by atoms with Gasteiger partial charge in [-0.15, -0.1) is 11.8 Å². The molecule has 31 heavy (non-hydrogen) atoms. The van der Waals surface area contributed by atoms with Crippen molar-refractivity contribution in [2.75, 3.05) is 45.7 Å². The molecule has 1 aliphatic rings. The Hall–Kier alpha value is -2.07. The Bertz CT molecular complexity index is 1030. The van der Waals surface area contributed by atoms with Crippen LogP contribution in [0.1, 0.15) is 21.5 Å². The highest BCUT2D eigenvalue weighted by Gasteiger charge is 2.24. The fourth-order valence-electron chi connectivity index (χ4n) is 3.19. The van der Waals surface area contributed by atoms with Gasteiger partial charge in [0.1, 0.15) is 12.4 Å². The molecule has 0 spiro atoms. The van der Waals surface area contributed by atoms with E-state index in [2.05, 4.69) is 4.72 Å². The fraction of sp³-hybridized carbons (Fsp3) is 0.409. The monoisotopic (exact) mass is 464 g/mol. The molecule has 0 saturated carbocycles. The standard InChI is InChI=1S/C22H28N2O5S2/c1-16-4-5-18(14-17(16)2)29-11-8-23-31(26,27)19-6-7-21(30-3)20(15-19)22(25)24-9-12-28-13-10-24/h4-7,14-15,23H,8-13H2,1-3H3. The molecule has 1 aliphatic heterocycles. The van der Waals surface area contributed by atoms with Crippen LogP contribution in [0.25, 0.3) is 0 Å². The zero-order chi connectivity index (χ0) is 22.4. The number of ether oxygens (including phenoxy) is 2. The third-order valence-corrected chi connectivity index (χ3v) is 7.41. The van der Waals surface area contributed by atoms with E-state index in [-0.39, 0.29) is 24.0 Å². The van der Waals surface area contributed by atoms with Gasteiger partial charge in [-0.05, 0) is 61.6 Å². The Labute approximate surface area is 188 Å². The second kappa shape index (κ2) is 10.5. The lowest BCUT2D eigenvalue weighted by Crippen LogP contribution is -2.41. The average molecular weight is 465 g/mol. The van der Waals surface area contributed by atoms with Crippen molar-refractivity contribution in [3.05, 3.63) is 53.1 Å². The molecule has 1 N–H and O–H groups in total. The summed E-state index contributed by atoms with van der Waals surface area (Å²) in [7, 11) is -3.78. The summed E-state index contributed by atoms with van der Waals surface area (Å²) in [6, 6.07) is 10.4. The second-order valence-electron chi connectivity index (χ2n) is 7.26. The number of nitrogens with one attached hydrogen (secondary N) is 1. The van der Waals surface area contributed by atoms with Gasteiger partial charge in [-0.25, -0.2) is 13.1 Å². The van der Waals surface area contributed by atoms with E-state index >= 15 is 0 Å². The van der Waals surface area contributed by atoms with Crippen LogP contribution in [0.15, 0.2) is 46.2 Å². The molecule has 0 aliphatic carbocycles. The molecule has 0 radical (unpaired) electrons. The Morgan fingerprint density at radius 2 is 1.87 bits per heavy atom. The molecule has 168 valence electrons. The second-order valence-corrected chi connectivity index (χ2v) is 9.87. The SMILES string of the molecule is CSc1ccc(S(=O)(=O)NCCOc2ccc(C)c(C)c2)cc1C(=O)N1CCOCC1. The number of morpholine rings is 1. The first kappa shape index (κ1) is 23.6. The third-order valence-electron chi connectivity index (χ3n) is 5.15. The van der Waals surface area contributed by atoms with Crippen LogP contribution in [0.5, 0.6) is 5.75 Å². The van der Waals surface area contributed by atoms with Gasteiger partial charge in [0.2, 0.25) is 10.0 Å². The molecule has 1 amide bonds. The summed E-state index contributed by atoms with van der Waals surface area (Å²) in [5, 5.41) is 0. The number of sulfonamides is 1. The highest BCUT2D eigenvalue weighted by Crippen LogP contribution is 2.25. The summed E-state index contributed by atoms with van der Waals surface area (Å²) in [5.41, 5.74) is 2.68. The Morgan fingerprint density at radius 3 is 2.55 bits per heavy atom. The van der Waals surface area contributed by atoms with Crippen LogP contribution < -0.4 is 9.46 Å². The first-order valence-electron chi connectivity index (χ1n) is 10.1. The third kappa shape index (κ3) is 6.00. The summed E-state index contributed by atoms with van der Waals surface area (Å²) in [6.45, 7) is 6.30. The maximum Gasteiger partial charge on any atom is 0.255 e. The lowest BCUT2D eigenvalue weighted by atomic mass is 10.1. The van der Waals surface area contributed by atoms with Gasteiger partial charge in [0.05, 0.1) is 23.7 Å². The van der Waals surface area contributed by atoms with Crippen LogP contribution in [0, 0.1) is 13.8 Å². The summed E-state index contributed by atoms with van der Waals surface area (Å²) in [6.07, 6.45) is 1.86. The molecule has 0 atom stereocenters. The molecular formula is C22H28N2O5S2. The lowest BCUT2D eigenvalue weighted by molar-refractivity contribution is 0.0300. The summed E-state index contributed by atoms with van der Waals surface area (Å²) < 4.78 is 39.1. The zero-order valence-electron chi connectivity index (χ0n) is 18.0. The Morgan fingerprint density at radius 1 is 1.13 bits per heavy atom. The van der Waals surface area contributed by atoms with Crippen molar-refractivity contribution in [3.8, 4) is 5.75 Å². The number of aryl methyl sites for hydroxylation is 2. The zero-order valence-corrected chi connectivity index (χ0v) is 19.6. The molecule has 0 aromatic heterocycles. The van der Waals surface area contributed by atoms with Crippen molar-refractivity contribution in [2.45, 2.75) is 23.6 Å². The molecule has 0 bridgehead atoms. The summed E-state index contributed by atoms with van der Waals surface area (Å²) >= 11 is 1.41. The van der Waals surface area contributed by atoms with Gasteiger partial charge in [0.25, 0.3) is 5.91 Å². The number of amides is 1. The van der Waals surface area contributed by atoms with E-state index in [1.807, 2.05) is 38.3 Å². The summed E-state index contributed by atoms with van der Waals surface area (Å²) in [5.74, 6) is 0.521. The quantitative estimate of drug-likeness (QED) is 0.478. The van der Waals surface area contributed by atoms with Crippen LogP contribution >= 0.6 is 11.8 Å². The number of thioether (sulfide) groups is 1. The van der Waals surface area contributed by atoms with Crippen molar-refractivity contribution in [3.63, 3.8) is 0 Å². The maximum absolute atomic E-state index is 12.9. The van der Waals surface area contributed by atoms with Gasteiger partial charge >= 0.3 is 0 Å². The topological polar surface area (TPSA) is 84.9 Å². The van der Waals surface area contributed by atoms with Gasteiger partial charge in [0, 0.05) is 24.5 Å². The smallest absolute Gasteiger partial charge is 0.255 e. The van der Waals surface area contributed by atoms with E-state index in [1.165, 1.54) is 29.5 Å². The van der Waals surface area contributed by atoms with E-state index in [0.29, 0.717) is 37.6 Å². The van der Waals surface area contributed by atoms with E-state index in [9.17, 15) is 13.2 Å². The summed E-state index contributed by atoms with van der Waals surface area (Å²) in [4.78, 5) is 15.5. The van der Waals surface area contributed by atoms with E-state index < -0.39 is 10.0 Å². The molecule has 1 saturated heterocycles. The lowest BCUT2D eigenvalue weighted by Gasteiger charge is -2.27. The van der Waals surface area contributed by atoms with Gasteiger partial charge in [-0.3, -0.25) is 4.79 Å². The minimum absolute atomic E-state index is 0.0630. The Kier molecular flexibility index (Phi) is 7.99. The predicted octanol–water partition coefficient (Wildman–Crippen LogP) is 2.86. The predicted molar refractivity (Wildman–Crippen MR) is 122 cm³/mol. The molecule has 1 heterocycles. The molecule has 9 heteroatoms. The fourth-order valence-corrected chi connectivity index (χ4v) is 4.80. The van der Waals surface area contributed by atoms with Crippen molar-refractivity contribution < 1.29 is 22.7 Å². The minimum Gasteiger partial charge on any atom is -0.492 e.